The van der Waals surface area contributed by atoms with E-state index in [0.29, 0.717) is 5.92 Å². The number of carbonyl (C=O) groups is 2. The van der Waals surface area contributed by atoms with Crippen LogP contribution in [0.15, 0.2) is 0 Å². The van der Waals surface area contributed by atoms with Gasteiger partial charge in [-0.2, -0.15) is 0 Å². The number of carboxylic acids is 1. The average Bonchev–Trinajstić information content (AvgIpc) is 2.67. The number of nitrogens with zero attached hydrogens (tertiary/aromatic N) is 1. The Morgan fingerprint density at radius 3 is 2.39 bits per heavy atom. The van der Waals surface area contributed by atoms with Crippen molar-refractivity contribution < 1.29 is 14.7 Å². The van der Waals surface area contributed by atoms with Crippen molar-refractivity contribution in [2.45, 2.75) is 51.5 Å². The first-order valence-corrected chi connectivity index (χ1v) is 6.55. The van der Waals surface area contributed by atoms with Crippen LogP contribution in [-0.4, -0.2) is 41.1 Å². The van der Waals surface area contributed by atoms with Gasteiger partial charge in [0, 0.05) is 19.1 Å². The van der Waals surface area contributed by atoms with E-state index in [0.717, 1.165) is 6.54 Å². The molecule has 0 saturated heterocycles. The van der Waals surface area contributed by atoms with Gasteiger partial charge in [-0.1, -0.05) is 12.8 Å². The van der Waals surface area contributed by atoms with Crippen LogP contribution in [0.25, 0.3) is 0 Å². The molecule has 0 atom stereocenters. The molecule has 104 valence electrons. The lowest BCUT2D eigenvalue weighted by molar-refractivity contribution is -0.138. The lowest BCUT2D eigenvalue weighted by atomic mass is 10.0. The molecule has 0 spiro atoms. The third-order valence-corrected chi connectivity index (χ3v) is 3.39. The van der Waals surface area contributed by atoms with Crippen LogP contribution in [0.5, 0.6) is 0 Å². The zero-order valence-corrected chi connectivity index (χ0v) is 11.5. The largest absolute Gasteiger partial charge is 0.481 e. The van der Waals surface area contributed by atoms with Crippen LogP contribution < -0.4 is 5.32 Å². The standard InChI is InChI=1S/C13H24N2O3/c1-13(2,8-11(16)17)14-12(18)15(3)9-10-6-4-5-7-10/h10H,4-9H2,1-3H3,(H,14,18)(H,16,17). The summed E-state index contributed by atoms with van der Waals surface area (Å²) in [6.07, 6.45) is 4.82. The molecule has 5 heteroatoms. The molecular formula is C13H24N2O3. The van der Waals surface area contributed by atoms with Crippen molar-refractivity contribution in [1.82, 2.24) is 10.2 Å². The van der Waals surface area contributed by atoms with Crippen LogP contribution in [0.3, 0.4) is 0 Å². The minimum atomic E-state index is -0.904. The minimum absolute atomic E-state index is 0.0734. The second-order valence-electron chi connectivity index (χ2n) is 5.92. The Morgan fingerprint density at radius 2 is 1.89 bits per heavy atom. The maximum atomic E-state index is 11.9. The summed E-state index contributed by atoms with van der Waals surface area (Å²) >= 11 is 0. The third-order valence-electron chi connectivity index (χ3n) is 3.39. The van der Waals surface area contributed by atoms with Gasteiger partial charge in [0.15, 0.2) is 0 Å². The molecule has 2 N–H and O–H groups in total. The normalized spacial score (nSPS) is 16.6. The number of rotatable bonds is 5. The molecule has 0 bridgehead atoms. The summed E-state index contributed by atoms with van der Waals surface area (Å²) in [5.41, 5.74) is -0.715. The molecule has 5 nitrogen and oxygen atoms in total. The summed E-state index contributed by atoms with van der Waals surface area (Å²) in [6, 6.07) is -0.187. The molecule has 1 saturated carbocycles. The smallest absolute Gasteiger partial charge is 0.317 e. The Bertz CT molecular complexity index is 309. The van der Waals surface area contributed by atoms with E-state index in [4.69, 9.17) is 5.11 Å². The van der Waals surface area contributed by atoms with Gasteiger partial charge in [0.25, 0.3) is 0 Å². The molecule has 0 aromatic heterocycles. The molecule has 1 aliphatic rings. The predicted octanol–water partition coefficient (Wildman–Crippen LogP) is 2.07. The lowest BCUT2D eigenvalue weighted by Gasteiger charge is -2.29. The van der Waals surface area contributed by atoms with Gasteiger partial charge in [0.2, 0.25) is 0 Å². The maximum Gasteiger partial charge on any atom is 0.317 e. The lowest BCUT2D eigenvalue weighted by Crippen LogP contribution is -2.50. The zero-order valence-electron chi connectivity index (χ0n) is 11.5. The number of carbonyl (C=O) groups excluding carboxylic acids is 1. The summed E-state index contributed by atoms with van der Waals surface area (Å²) in [6.45, 7) is 4.21. The van der Waals surface area contributed by atoms with E-state index in [1.54, 1.807) is 25.8 Å². The fraction of sp³-hybridized carbons (Fsp3) is 0.846. The van der Waals surface area contributed by atoms with Crippen LogP contribution in [0, 0.1) is 5.92 Å². The Kier molecular flexibility index (Phi) is 4.99. The summed E-state index contributed by atoms with van der Waals surface area (Å²) in [5, 5.41) is 11.5. The van der Waals surface area contributed by atoms with Gasteiger partial charge >= 0.3 is 12.0 Å². The Balaban J connectivity index is 2.40. The topological polar surface area (TPSA) is 69.6 Å². The van der Waals surface area contributed by atoms with Crippen molar-refractivity contribution in [2.75, 3.05) is 13.6 Å². The summed E-state index contributed by atoms with van der Waals surface area (Å²) in [7, 11) is 1.77. The Labute approximate surface area is 109 Å². The highest BCUT2D eigenvalue weighted by molar-refractivity contribution is 5.76. The second-order valence-corrected chi connectivity index (χ2v) is 5.92. The first-order chi connectivity index (χ1) is 8.30. The Hall–Kier alpha value is -1.26. The van der Waals surface area contributed by atoms with E-state index < -0.39 is 11.5 Å². The van der Waals surface area contributed by atoms with E-state index in [9.17, 15) is 9.59 Å². The molecular weight excluding hydrogens is 232 g/mol. The summed E-state index contributed by atoms with van der Waals surface area (Å²) in [5.74, 6) is -0.304. The zero-order chi connectivity index (χ0) is 13.8. The van der Waals surface area contributed by atoms with Crippen molar-refractivity contribution in [3.8, 4) is 0 Å². The van der Waals surface area contributed by atoms with Crippen molar-refractivity contribution in [3.63, 3.8) is 0 Å². The highest BCUT2D eigenvalue weighted by Gasteiger charge is 2.26. The van der Waals surface area contributed by atoms with Crippen molar-refractivity contribution in [3.05, 3.63) is 0 Å². The van der Waals surface area contributed by atoms with Crippen molar-refractivity contribution >= 4 is 12.0 Å². The Morgan fingerprint density at radius 1 is 1.33 bits per heavy atom. The van der Waals surface area contributed by atoms with Gasteiger partial charge in [0.1, 0.15) is 0 Å². The maximum absolute atomic E-state index is 11.9. The number of carboxylic acid groups (broad SMARTS) is 1. The van der Waals surface area contributed by atoms with Gasteiger partial charge in [-0.15, -0.1) is 0 Å². The number of hydrogen-bond donors (Lipinski definition) is 2. The van der Waals surface area contributed by atoms with Crippen LogP contribution in [0.2, 0.25) is 0 Å². The molecule has 1 rings (SSSR count). The molecule has 18 heavy (non-hydrogen) atoms. The first-order valence-electron chi connectivity index (χ1n) is 6.55. The molecule has 0 aromatic carbocycles. The molecule has 2 amide bonds. The molecule has 0 heterocycles. The van der Waals surface area contributed by atoms with Gasteiger partial charge in [-0.25, -0.2) is 4.79 Å². The number of urea groups is 1. The fourth-order valence-electron chi connectivity index (χ4n) is 2.47. The second kappa shape index (κ2) is 6.07. The molecule has 0 radical (unpaired) electrons. The summed E-state index contributed by atoms with van der Waals surface area (Å²) < 4.78 is 0. The molecule has 1 aliphatic carbocycles. The molecule has 0 unspecified atom stereocenters. The molecule has 1 fully saturated rings. The van der Waals surface area contributed by atoms with Crippen molar-refractivity contribution in [2.24, 2.45) is 5.92 Å². The van der Waals surface area contributed by atoms with Crippen LogP contribution >= 0.6 is 0 Å². The first kappa shape index (κ1) is 14.8. The highest BCUT2D eigenvalue weighted by Crippen LogP contribution is 2.25. The fourth-order valence-corrected chi connectivity index (χ4v) is 2.47. The number of amides is 2. The number of hydrogen-bond acceptors (Lipinski definition) is 2. The van der Waals surface area contributed by atoms with E-state index in [2.05, 4.69) is 5.32 Å². The van der Waals surface area contributed by atoms with E-state index in [-0.39, 0.29) is 12.5 Å². The van der Waals surface area contributed by atoms with Crippen LogP contribution in [-0.2, 0) is 4.79 Å². The molecule has 0 aliphatic heterocycles. The van der Waals surface area contributed by atoms with E-state index in [1.165, 1.54) is 25.7 Å². The third kappa shape index (κ3) is 4.94. The quantitative estimate of drug-likeness (QED) is 0.791. The highest BCUT2D eigenvalue weighted by atomic mass is 16.4. The van der Waals surface area contributed by atoms with Gasteiger partial charge in [0.05, 0.1) is 6.42 Å². The SMILES string of the molecule is CN(CC1CCCC1)C(=O)NC(C)(C)CC(=O)O. The van der Waals surface area contributed by atoms with Gasteiger partial charge < -0.3 is 15.3 Å². The number of aliphatic carboxylic acids is 1. The summed E-state index contributed by atoms with van der Waals surface area (Å²) in [4.78, 5) is 24.3. The van der Waals surface area contributed by atoms with Gasteiger partial charge in [-0.3, -0.25) is 4.79 Å². The van der Waals surface area contributed by atoms with Crippen molar-refractivity contribution in [1.29, 1.82) is 0 Å². The minimum Gasteiger partial charge on any atom is -0.481 e. The van der Waals surface area contributed by atoms with Crippen LogP contribution in [0.4, 0.5) is 4.79 Å². The van der Waals surface area contributed by atoms with E-state index in [1.807, 2.05) is 0 Å². The monoisotopic (exact) mass is 256 g/mol. The number of nitrogens with one attached hydrogen (secondary N) is 1. The van der Waals surface area contributed by atoms with Gasteiger partial charge in [-0.05, 0) is 32.6 Å². The molecule has 0 aromatic rings. The predicted molar refractivity (Wildman–Crippen MR) is 69.5 cm³/mol. The van der Waals surface area contributed by atoms with E-state index >= 15 is 0 Å². The average molecular weight is 256 g/mol. The van der Waals surface area contributed by atoms with Crippen LogP contribution in [0.1, 0.15) is 46.0 Å².